The summed E-state index contributed by atoms with van der Waals surface area (Å²) in [6.07, 6.45) is -2.90. The number of hydrogen-bond acceptors (Lipinski definition) is 2. The van der Waals surface area contributed by atoms with Gasteiger partial charge in [0.25, 0.3) is 0 Å². The minimum Gasteiger partial charge on any atom is -0.277 e. The minimum atomic E-state index is -4.42. The first-order valence-electron chi connectivity index (χ1n) is 6.09. The van der Waals surface area contributed by atoms with Crippen LogP contribution in [-0.4, -0.2) is 6.21 Å². The summed E-state index contributed by atoms with van der Waals surface area (Å²) in [7, 11) is 0. The smallest absolute Gasteiger partial charge is 0.277 e. The number of anilines is 1. The van der Waals surface area contributed by atoms with Crippen molar-refractivity contribution in [3.8, 4) is 0 Å². The molecule has 0 fully saturated rings. The van der Waals surface area contributed by atoms with Gasteiger partial charge < -0.3 is 0 Å². The Morgan fingerprint density at radius 1 is 1.14 bits per heavy atom. The van der Waals surface area contributed by atoms with E-state index in [1.807, 2.05) is 31.2 Å². The predicted octanol–water partition coefficient (Wildman–Crippen LogP) is 5.11. The second-order valence-electron chi connectivity index (χ2n) is 4.48. The van der Waals surface area contributed by atoms with Crippen molar-refractivity contribution in [1.82, 2.24) is 0 Å². The van der Waals surface area contributed by atoms with Crippen molar-refractivity contribution in [3.63, 3.8) is 0 Å². The zero-order chi connectivity index (χ0) is 15.5. The first-order valence-corrected chi connectivity index (χ1v) is 6.46. The van der Waals surface area contributed by atoms with Crippen LogP contribution in [-0.2, 0) is 6.18 Å². The molecule has 21 heavy (non-hydrogen) atoms. The van der Waals surface area contributed by atoms with Crippen LogP contribution in [0.2, 0.25) is 5.02 Å². The van der Waals surface area contributed by atoms with Crippen molar-refractivity contribution >= 4 is 23.5 Å². The van der Waals surface area contributed by atoms with Crippen LogP contribution in [0.1, 0.15) is 16.7 Å². The maximum atomic E-state index is 12.6. The Morgan fingerprint density at radius 3 is 2.57 bits per heavy atom. The summed E-state index contributed by atoms with van der Waals surface area (Å²) in [5.41, 5.74) is 3.76. The quantitative estimate of drug-likeness (QED) is 0.618. The average molecular weight is 313 g/mol. The van der Waals surface area contributed by atoms with Crippen molar-refractivity contribution in [2.45, 2.75) is 13.1 Å². The average Bonchev–Trinajstić information content (AvgIpc) is 2.39. The van der Waals surface area contributed by atoms with E-state index in [9.17, 15) is 13.2 Å². The molecular weight excluding hydrogens is 301 g/mol. The van der Waals surface area contributed by atoms with Crippen molar-refractivity contribution in [1.29, 1.82) is 0 Å². The molecule has 0 aliphatic rings. The van der Waals surface area contributed by atoms with E-state index < -0.39 is 11.7 Å². The Kier molecular flexibility index (Phi) is 4.53. The molecule has 6 heteroatoms. The summed E-state index contributed by atoms with van der Waals surface area (Å²) < 4.78 is 37.9. The molecule has 0 atom stereocenters. The Hall–Kier alpha value is -2.01. The zero-order valence-electron chi connectivity index (χ0n) is 11.1. The molecule has 0 aliphatic heterocycles. The van der Waals surface area contributed by atoms with E-state index in [2.05, 4.69) is 10.5 Å². The number of nitrogens with one attached hydrogen (secondary N) is 1. The molecule has 0 aliphatic carbocycles. The second-order valence-corrected chi connectivity index (χ2v) is 4.88. The van der Waals surface area contributed by atoms with Crippen molar-refractivity contribution < 1.29 is 13.2 Å². The number of rotatable bonds is 3. The van der Waals surface area contributed by atoms with Crippen molar-refractivity contribution in [2.24, 2.45) is 5.10 Å². The minimum absolute atomic E-state index is 0.107. The van der Waals surface area contributed by atoms with Crippen LogP contribution in [0.4, 0.5) is 18.9 Å². The van der Waals surface area contributed by atoms with E-state index >= 15 is 0 Å². The first kappa shape index (κ1) is 15.4. The summed E-state index contributed by atoms with van der Waals surface area (Å²) in [5, 5.41) is 4.08. The van der Waals surface area contributed by atoms with Crippen LogP contribution in [0.15, 0.2) is 47.6 Å². The maximum absolute atomic E-state index is 12.6. The highest BCUT2D eigenvalue weighted by atomic mass is 35.5. The molecular formula is C15H12ClF3N2. The number of hydrogen-bond donors (Lipinski definition) is 1. The highest BCUT2D eigenvalue weighted by molar-refractivity contribution is 6.33. The van der Waals surface area contributed by atoms with Crippen molar-refractivity contribution in [3.05, 3.63) is 64.2 Å². The standard InChI is InChI=1S/C15H12ClF3N2/c1-10-3-2-4-11(7-10)9-20-21-14-8-12(15(17,18)19)5-6-13(14)16/h2-9,21H,1H3/b20-9+. The lowest BCUT2D eigenvalue weighted by Gasteiger charge is -2.09. The third-order valence-electron chi connectivity index (χ3n) is 2.73. The molecule has 0 saturated carbocycles. The van der Waals surface area contributed by atoms with Crippen LogP contribution in [0.25, 0.3) is 0 Å². The van der Waals surface area contributed by atoms with E-state index in [-0.39, 0.29) is 10.7 Å². The third kappa shape index (κ3) is 4.23. The van der Waals surface area contributed by atoms with E-state index in [1.54, 1.807) is 0 Å². The molecule has 110 valence electrons. The van der Waals surface area contributed by atoms with Crippen LogP contribution in [0.5, 0.6) is 0 Å². The van der Waals surface area contributed by atoms with Gasteiger partial charge in [0.05, 0.1) is 22.5 Å². The lowest BCUT2D eigenvalue weighted by atomic mass is 10.2. The molecule has 0 aromatic heterocycles. The normalized spacial score (nSPS) is 11.9. The van der Waals surface area contributed by atoms with E-state index in [0.717, 1.165) is 23.3 Å². The molecule has 2 aromatic carbocycles. The molecule has 2 aromatic rings. The van der Waals surface area contributed by atoms with Crippen LogP contribution in [0.3, 0.4) is 0 Å². The van der Waals surface area contributed by atoms with Gasteiger partial charge >= 0.3 is 6.18 Å². The SMILES string of the molecule is Cc1cccc(/C=N/Nc2cc(C(F)(F)F)ccc2Cl)c1. The number of halogens is 4. The Balaban J connectivity index is 2.16. The summed E-state index contributed by atoms with van der Waals surface area (Å²) in [6, 6.07) is 10.6. The summed E-state index contributed by atoms with van der Waals surface area (Å²) in [4.78, 5) is 0. The van der Waals surface area contributed by atoms with Gasteiger partial charge in [-0.05, 0) is 30.7 Å². The summed E-state index contributed by atoms with van der Waals surface area (Å²) >= 11 is 5.85. The van der Waals surface area contributed by atoms with Crippen LogP contribution < -0.4 is 5.43 Å². The van der Waals surface area contributed by atoms with E-state index in [4.69, 9.17) is 11.6 Å². The van der Waals surface area contributed by atoms with Gasteiger partial charge in [0, 0.05) is 0 Å². The Bertz CT molecular complexity index is 666. The summed E-state index contributed by atoms with van der Waals surface area (Å²) in [6.45, 7) is 1.94. The number of hydrazone groups is 1. The van der Waals surface area contributed by atoms with Gasteiger partial charge in [-0.3, -0.25) is 5.43 Å². The van der Waals surface area contributed by atoms with Gasteiger partial charge in [-0.2, -0.15) is 18.3 Å². The summed E-state index contributed by atoms with van der Waals surface area (Å²) in [5.74, 6) is 0. The molecule has 0 amide bonds. The molecule has 0 heterocycles. The van der Waals surface area contributed by atoms with Gasteiger partial charge in [0.1, 0.15) is 0 Å². The number of aryl methyl sites for hydroxylation is 1. The topological polar surface area (TPSA) is 24.4 Å². The largest absolute Gasteiger partial charge is 0.416 e. The highest BCUT2D eigenvalue weighted by Gasteiger charge is 2.30. The fourth-order valence-electron chi connectivity index (χ4n) is 1.71. The monoisotopic (exact) mass is 312 g/mol. The van der Waals surface area contributed by atoms with Gasteiger partial charge in [-0.1, -0.05) is 41.4 Å². The molecule has 0 radical (unpaired) electrons. The highest BCUT2D eigenvalue weighted by Crippen LogP contribution is 2.33. The molecule has 2 nitrogen and oxygen atoms in total. The molecule has 0 spiro atoms. The molecule has 0 bridgehead atoms. The Morgan fingerprint density at radius 2 is 1.90 bits per heavy atom. The van der Waals surface area contributed by atoms with Crippen LogP contribution in [0, 0.1) is 6.92 Å². The van der Waals surface area contributed by atoms with Gasteiger partial charge in [-0.25, -0.2) is 0 Å². The maximum Gasteiger partial charge on any atom is 0.416 e. The fourth-order valence-corrected chi connectivity index (χ4v) is 1.87. The third-order valence-corrected chi connectivity index (χ3v) is 3.06. The first-order chi connectivity index (χ1) is 9.86. The molecule has 2 rings (SSSR count). The van der Waals surface area contributed by atoms with E-state index in [1.165, 1.54) is 12.3 Å². The molecule has 1 N–H and O–H groups in total. The number of benzene rings is 2. The van der Waals surface area contributed by atoms with Crippen molar-refractivity contribution in [2.75, 3.05) is 5.43 Å². The lowest BCUT2D eigenvalue weighted by Crippen LogP contribution is -2.05. The number of nitrogens with zero attached hydrogens (tertiary/aromatic N) is 1. The van der Waals surface area contributed by atoms with Gasteiger partial charge in [-0.15, -0.1) is 0 Å². The zero-order valence-corrected chi connectivity index (χ0v) is 11.8. The van der Waals surface area contributed by atoms with Gasteiger partial charge in [0.2, 0.25) is 0 Å². The fraction of sp³-hybridized carbons (Fsp3) is 0.133. The molecule has 0 unspecified atom stereocenters. The molecule has 0 saturated heterocycles. The second kappa shape index (κ2) is 6.18. The Labute approximate surface area is 125 Å². The van der Waals surface area contributed by atoms with Crippen LogP contribution >= 0.6 is 11.6 Å². The van der Waals surface area contributed by atoms with Gasteiger partial charge in [0.15, 0.2) is 0 Å². The lowest BCUT2D eigenvalue weighted by molar-refractivity contribution is -0.137. The number of alkyl halides is 3. The van der Waals surface area contributed by atoms with E-state index in [0.29, 0.717) is 0 Å². The predicted molar refractivity (Wildman–Crippen MR) is 78.8 cm³/mol.